The average molecular weight is 176 g/mol. The van der Waals surface area contributed by atoms with E-state index in [4.69, 9.17) is 0 Å². The summed E-state index contributed by atoms with van der Waals surface area (Å²) in [4.78, 5) is 11.5. The fourth-order valence-electron chi connectivity index (χ4n) is 1.45. The Kier molecular flexibility index (Phi) is 2.86. The van der Waals surface area contributed by atoms with Gasteiger partial charge in [0.2, 0.25) is 0 Å². The van der Waals surface area contributed by atoms with Crippen LogP contribution in [0.15, 0.2) is 12.1 Å². The predicted molar refractivity (Wildman–Crippen MR) is 55.3 cm³/mol. The van der Waals surface area contributed by atoms with E-state index in [-0.39, 0.29) is 5.78 Å². The van der Waals surface area contributed by atoms with Gasteiger partial charge in [0.15, 0.2) is 5.78 Å². The van der Waals surface area contributed by atoms with E-state index in [1.807, 2.05) is 26.0 Å². The molecule has 13 heavy (non-hydrogen) atoms. The fraction of sp³-hybridized carbons (Fsp3) is 0.417. The molecule has 0 aliphatic carbocycles. The summed E-state index contributed by atoms with van der Waals surface area (Å²) in [7, 11) is 0. The van der Waals surface area contributed by atoms with Crippen molar-refractivity contribution in [2.24, 2.45) is 0 Å². The zero-order chi connectivity index (χ0) is 10.0. The van der Waals surface area contributed by atoms with E-state index >= 15 is 0 Å². The van der Waals surface area contributed by atoms with Crippen molar-refractivity contribution in [3.05, 3.63) is 34.4 Å². The van der Waals surface area contributed by atoms with Gasteiger partial charge in [0, 0.05) is 12.0 Å². The van der Waals surface area contributed by atoms with Gasteiger partial charge in [-0.25, -0.2) is 0 Å². The number of hydrogen-bond acceptors (Lipinski definition) is 1. The summed E-state index contributed by atoms with van der Waals surface area (Å²) < 4.78 is 0. The Bertz CT molecular complexity index is 337. The van der Waals surface area contributed by atoms with Gasteiger partial charge in [-0.1, -0.05) is 19.1 Å². The highest BCUT2D eigenvalue weighted by molar-refractivity contribution is 5.97. The minimum Gasteiger partial charge on any atom is -0.294 e. The predicted octanol–water partition coefficient (Wildman–Crippen LogP) is 3.20. The molecule has 1 rings (SSSR count). The van der Waals surface area contributed by atoms with Crippen LogP contribution in [-0.4, -0.2) is 5.78 Å². The maximum Gasteiger partial charge on any atom is 0.162 e. The average Bonchev–Trinajstić information content (AvgIpc) is 2.13. The first-order chi connectivity index (χ1) is 6.07. The Morgan fingerprint density at radius 1 is 1.15 bits per heavy atom. The molecule has 0 saturated carbocycles. The van der Waals surface area contributed by atoms with Crippen LogP contribution in [0.2, 0.25) is 0 Å². The van der Waals surface area contributed by atoms with Crippen molar-refractivity contribution in [3.8, 4) is 0 Å². The SMILES string of the molecule is CCC(=O)c1ccc(C)c(C)c1C. The van der Waals surface area contributed by atoms with E-state index in [9.17, 15) is 4.79 Å². The summed E-state index contributed by atoms with van der Waals surface area (Å²) in [6.07, 6.45) is 0.587. The number of hydrogen-bond donors (Lipinski definition) is 0. The zero-order valence-corrected chi connectivity index (χ0v) is 8.77. The third-order valence-electron chi connectivity index (χ3n) is 2.68. The second-order valence-corrected chi connectivity index (χ2v) is 3.46. The van der Waals surface area contributed by atoms with Crippen LogP contribution in [0.3, 0.4) is 0 Å². The van der Waals surface area contributed by atoms with Gasteiger partial charge >= 0.3 is 0 Å². The number of ketones is 1. The molecule has 0 N–H and O–H groups in total. The van der Waals surface area contributed by atoms with Crippen LogP contribution in [0.25, 0.3) is 0 Å². The third kappa shape index (κ3) is 1.80. The highest BCUT2D eigenvalue weighted by Crippen LogP contribution is 2.18. The van der Waals surface area contributed by atoms with Gasteiger partial charge in [-0.3, -0.25) is 4.79 Å². The number of benzene rings is 1. The molecule has 0 atom stereocenters. The maximum absolute atomic E-state index is 11.5. The van der Waals surface area contributed by atoms with Gasteiger partial charge in [-0.05, 0) is 37.5 Å². The van der Waals surface area contributed by atoms with Crippen molar-refractivity contribution in [3.63, 3.8) is 0 Å². The Balaban J connectivity index is 3.26. The smallest absolute Gasteiger partial charge is 0.162 e. The summed E-state index contributed by atoms with van der Waals surface area (Å²) >= 11 is 0. The van der Waals surface area contributed by atoms with Crippen molar-refractivity contribution < 1.29 is 4.79 Å². The molecule has 0 aliphatic heterocycles. The standard InChI is InChI=1S/C12H16O/c1-5-12(13)11-7-6-8(2)9(3)10(11)4/h6-7H,5H2,1-4H3. The maximum atomic E-state index is 11.5. The van der Waals surface area contributed by atoms with Crippen LogP contribution in [0.4, 0.5) is 0 Å². The minimum absolute atomic E-state index is 0.237. The van der Waals surface area contributed by atoms with Crippen LogP contribution in [0, 0.1) is 20.8 Å². The fourth-order valence-corrected chi connectivity index (χ4v) is 1.45. The number of Topliss-reactive ketones (excluding diaryl/α,β-unsaturated/α-hetero) is 1. The Morgan fingerprint density at radius 3 is 2.31 bits per heavy atom. The van der Waals surface area contributed by atoms with Gasteiger partial charge in [0.1, 0.15) is 0 Å². The van der Waals surface area contributed by atoms with Crippen LogP contribution in [0.5, 0.6) is 0 Å². The van der Waals surface area contributed by atoms with Crippen molar-refractivity contribution >= 4 is 5.78 Å². The summed E-state index contributed by atoms with van der Waals surface area (Å²) in [6, 6.07) is 3.95. The van der Waals surface area contributed by atoms with Crippen molar-refractivity contribution in [1.29, 1.82) is 0 Å². The van der Waals surface area contributed by atoms with Crippen molar-refractivity contribution in [1.82, 2.24) is 0 Å². The molecule has 1 aromatic rings. The Labute approximate surface area is 79.8 Å². The number of aryl methyl sites for hydroxylation is 1. The zero-order valence-electron chi connectivity index (χ0n) is 8.77. The first-order valence-electron chi connectivity index (χ1n) is 4.68. The normalized spacial score (nSPS) is 10.2. The molecule has 0 aliphatic rings. The second kappa shape index (κ2) is 3.73. The molecule has 0 unspecified atom stereocenters. The molecular formula is C12H16O. The lowest BCUT2D eigenvalue weighted by Gasteiger charge is -2.09. The van der Waals surface area contributed by atoms with Crippen LogP contribution >= 0.6 is 0 Å². The number of carbonyl (C=O) groups is 1. The summed E-state index contributed by atoms with van der Waals surface area (Å²) in [5.74, 6) is 0.237. The number of rotatable bonds is 2. The molecule has 0 saturated heterocycles. The Hall–Kier alpha value is -1.11. The molecular weight excluding hydrogens is 160 g/mol. The van der Waals surface area contributed by atoms with Gasteiger partial charge < -0.3 is 0 Å². The first kappa shape index (κ1) is 9.97. The summed E-state index contributed by atoms with van der Waals surface area (Å²) in [5, 5.41) is 0. The topological polar surface area (TPSA) is 17.1 Å². The lowest BCUT2D eigenvalue weighted by Crippen LogP contribution is -2.02. The largest absolute Gasteiger partial charge is 0.294 e. The molecule has 0 fully saturated rings. The van der Waals surface area contributed by atoms with E-state index < -0.39 is 0 Å². The third-order valence-corrected chi connectivity index (χ3v) is 2.68. The van der Waals surface area contributed by atoms with E-state index in [0.29, 0.717) is 6.42 Å². The van der Waals surface area contributed by atoms with Gasteiger partial charge in [-0.15, -0.1) is 0 Å². The molecule has 0 amide bonds. The van der Waals surface area contributed by atoms with Crippen molar-refractivity contribution in [2.45, 2.75) is 34.1 Å². The second-order valence-electron chi connectivity index (χ2n) is 3.46. The molecule has 1 nitrogen and oxygen atoms in total. The van der Waals surface area contributed by atoms with Crippen LogP contribution < -0.4 is 0 Å². The summed E-state index contributed by atoms with van der Waals surface area (Å²) in [5.41, 5.74) is 4.50. The van der Waals surface area contributed by atoms with Crippen LogP contribution in [0.1, 0.15) is 40.4 Å². The monoisotopic (exact) mass is 176 g/mol. The van der Waals surface area contributed by atoms with Gasteiger partial charge in [0.25, 0.3) is 0 Å². The molecule has 1 aromatic carbocycles. The molecule has 0 heterocycles. The van der Waals surface area contributed by atoms with Gasteiger partial charge in [-0.2, -0.15) is 0 Å². The summed E-state index contributed by atoms with van der Waals surface area (Å²) in [6.45, 7) is 8.06. The van der Waals surface area contributed by atoms with E-state index in [0.717, 1.165) is 11.1 Å². The number of carbonyl (C=O) groups excluding carboxylic acids is 1. The lowest BCUT2D eigenvalue weighted by atomic mass is 9.96. The van der Waals surface area contributed by atoms with E-state index in [2.05, 4.69) is 13.8 Å². The van der Waals surface area contributed by atoms with E-state index in [1.54, 1.807) is 0 Å². The lowest BCUT2D eigenvalue weighted by molar-refractivity contribution is 0.0987. The highest BCUT2D eigenvalue weighted by Gasteiger charge is 2.08. The Morgan fingerprint density at radius 2 is 1.77 bits per heavy atom. The highest BCUT2D eigenvalue weighted by atomic mass is 16.1. The minimum atomic E-state index is 0.237. The molecule has 0 aromatic heterocycles. The van der Waals surface area contributed by atoms with Gasteiger partial charge in [0.05, 0.1) is 0 Å². The first-order valence-corrected chi connectivity index (χ1v) is 4.68. The van der Waals surface area contributed by atoms with Crippen molar-refractivity contribution in [2.75, 3.05) is 0 Å². The van der Waals surface area contributed by atoms with E-state index in [1.165, 1.54) is 11.1 Å². The van der Waals surface area contributed by atoms with Crippen LogP contribution in [-0.2, 0) is 0 Å². The quantitative estimate of drug-likeness (QED) is 0.632. The molecule has 0 bridgehead atoms. The molecule has 70 valence electrons. The molecule has 0 radical (unpaired) electrons. The molecule has 1 heteroatoms. The molecule has 0 spiro atoms.